The summed E-state index contributed by atoms with van der Waals surface area (Å²) in [4.78, 5) is 35.5. The van der Waals surface area contributed by atoms with Crippen LogP contribution in [-0.4, -0.2) is 59.9 Å². The molecule has 3 aromatic rings. The van der Waals surface area contributed by atoms with Gasteiger partial charge in [0.2, 0.25) is 11.9 Å². The molecule has 0 aliphatic carbocycles. The Morgan fingerprint density at radius 2 is 2.14 bits per heavy atom. The number of imidazole rings is 1. The SMILES string of the molecule is CCCNc1nc(Nc2ccncn2)nc2c1ncn2CCN1CCCC1=O. The first-order chi connectivity index (χ1) is 13.7. The second-order valence-corrected chi connectivity index (χ2v) is 6.64. The van der Waals surface area contributed by atoms with Crippen molar-refractivity contribution < 1.29 is 4.79 Å². The summed E-state index contributed by atoms with van der Waals surface area (Å²) in [6, 6.07) is 1.75. The average Bonchev–Trinajstić information content (AvgIpc) is 3.31. The molecule has 1 aliphatic rings. The van der Waals surface area contributed by atoms with Crippen LogP contribution in [0, 0.1) is 0 Å². The molecule has 3 aromatic heterocycles. The molecule has 1 saturated heterocycles. The van der Waals surface area contributed by atoms with E-state index in [9.17, 15) is 4.79 Å². The van der Waals surface area contributed by atoms with Gasteiger partial charge < -0.3 is 20.1 Å². The lowest BCUT2D eigenvalue weighted by Gasteiger charge is -2.16. The number of anilines is 3. The Morgan fingerprint density at radius 1 is 1.21 bits per heavy atom. The van der Waals surface area contributed by atoms with Crippen LogP contribution in [-0.2, 0) is 11.3 Å². The quantitative estimate of drug-likeness (QED) is 0.607. The van der Waals surface area contributed by atoms with Crippen LogP contribution in [0.1, 0.15) is 26.2 Å². The van der Waals surface area contributed by atoms with E-state index in [4.69, 9.17) is 0 Å². The van der Waals surface area contributed by atoms with Gasteiger partial charge in [-0.05, 0) is 18.9 Å². The first-order valence-corrected chi connectivity index (χ1v) is 9.52. The zero-order valence-electron chi connectivity index (χ0n) is 15.8. The van der Waals surface area contributed by atoms with Gasteiger partial charge in [0.05, 0.1) is 6.33 Å². The minimum atomic E-state index is 0.218. The van der Waals surface area contributed by atoms with Crippen molar-refractivity contribution in [1.82, 2.24) is 34.4 Å². The fraction of sp³-hybridized carbons (Fsp3) is 0.444. The summed E-state index contributed by atoms with van der Waals surface area (Å²) in [6.07, 6.45) is 7.42. The van der Waals surface area contributed by atoms with Gasteiger partial charge >= 0.3 is 0 Å². The Hall–Kier alpha value is -3.30. The van der Waals surface area contributed by atoms with E-state index in [0.717, 1.165) is 37.1 Å². The summed E-state index contributed by atoms with van der Waals surface area (Å²) in [5, 5.41) is 6.43. The molecular formula is C18H23N9O. The molecule has 28 heavy (non-hydrogen) atoms. The van der Waals surface area contributed by atoms with Crippen LogP contribution in [0.15, 0.2) is 24.9 Å². The van der Waals surface area contributed by atoms with Crippen LogP contribution in [0.3, 0.4) is 0 Å². The van der Waals surface area contributed by atoms with Gasteiger partial charge in [0.15, 0.2) is 17.0 Å². The summed E-state index contributed by atoms with van der Waals surface area (Å²) < 4.78 is 1.96. The van der Waals surface area contributed by atoms with E-state index >= 15 is 0 Å². The number of amides is 1. The van der Waals surface area contributed by atoms with Gasteiger partial charge in [-0.15, -0.1) is 0 Å². The van der Waals surface area contributed by atoms with Gasteiger partial charge in [-0.3, -0.25) is 4.79 Å². The second-order valence-electron chi connectivity index (χ2n) is 6.64. The third-order valence-electron chi connectivity index (χ3n) is 4.61. The Morgan fingerprint density at radius 3 is 2.89 bits per heavy atom. The van der Waals surface area contributed by atoms with Gasteiger partial charge in [-0.1, -0.05) is 6.92 Å². The Bertz CT molecular complexity index is 956. The zero-order chi connectivity index (χ0) is 19.3. The van der Waals surface area contributed by atoms with E-state index in [1.165, 1.54) is 6.33 Å². The summed E-state index contributed by atoms with van der Waals surface area (Å²) >= 11 is 0. The van der Waals surface area contributed by atoms with Gasteiger partial charge in [-0.2, -0.15) is 9.97 Å². The summed E-state index contributed by atoms with van der Waals surface area (Å²) in [6.45, 7) is 5.00. The number of aromatic nitrogens is 6. The van der Waals surface area contributed by atoms with Crippen molar-refractivity contribution in [2.75, 3.05) is 30.3 Å². The van der Waals surface area contributed by atoms with E-state index < -0.39 is 0 Å². The smallest absolute Gasteiger partial charge is 0.232 e. The van der Waals surface area contributed by atoms with Crippen molar-refractivity contribution in [2.45, 2.75) is 32.7 Å². The van der Waals surface area contributed by atoms with Crippen molar-refractivity contribution >= 4 is 34.7 Å². The molecule has 1 fully saturated rings. The number of likely N-dealkylation sites (tertiary alicyclic amines) is 1. The zero-order valence-corrected chi connectivity index (χ0v) is 15.8. The normalized spacial score (nSPS) is 14.0. The predicted molar refractivity (Wildman–Crippen MR) is 105 cm³/mol. The number of nitrogens with zero attached hydrogens (tertiary/aromatic N) is 7. The van der Waals surface area contributed by atoms with Crippen LogP contribution in [0.2, 0.25) is 0 Å². The van der Waals surface area contributed by atoms with Gasteiger partial charge in [0.25, 0.3) is 0 Å². The fourth-order valence-electron chi connectivity index (χ4n) is 3.18. The van der Waals surface area contributed by atoms with E-state index in [1.54, 1.807) is 18.6 Å². The third kappa shape index (κ3) is 3.85. The molecule has 0 spiro atoms. The monoisotopic (exact) mass is 381 g/mol. The third-order valence-corrected chi connectivity index (χ3v) is 4.61. The number of fused-ring (bicyclic) bond motifs is 1. The molecule has 0 unspecified atom stereocenters. The highest BCUT2D eigenvalue weighted by Crippen LogP contribution is 2.22. The lowest BCUT2D eigenvalue weighted by Crippen LogP contribution is -2.28. The number of hydrogen-bond acceptors (Lipinski definition) is 8. The number of carbonyl (C=O) groups is 1. The molecule has 10 nitrogen and oxygen atoms in total. The second kappa shape index (κ2) is 8.15. The lowest BCUT2D eigenvalue weighted by molar-refractivity contribution is -0.127. The molecule has 0 radical (unpaired) electrons. The maximum absolute atomic E-state index is 11.9. The van der Waals surface area contributed by atoms with Crippen molar-refractivity contribution in [2.24, 2.45) is 0 Å². The fourth-order valence-corrected chi connectivity index (χ4v) is 3.18. The summed E-state index contributed by atoms with van der Waals surface area (Å²) in [5.41, 5.74) is 1.44. The van der Waals surface area contributed by atoms with Crippen LogP contribution in [0.4, 0.5) is 17.6 Å². The van der Waals surface area contributed by atoms with Gasteiger partial charge in [-0.25, -0.2) is 15.0 Å². The Kier molecular flexibility index (Phi) is 5.27. The van der Waals surface area contributed by atoms with Crippen molar-refractivity contribution in [3.05, 3.63) is 24.9 Å². The average molecular weight is 381 g/mol. The molecule has 1 aliphatic heterocycles. The van der Waals surface area contributed by atoms with Gasteiger partial charge in [0.1, 0.15) is 12.1 Å². The first kappa shape index (κ1) is 18.1. The molecule has 0 bridgehead atoms. The van der Waals surface area contributed by atoms with E-state index in [2.05, 4.69) is 42.5 Å². The number of carbonyl (C=O) groups excluding carboxylic acids is 1. The van der Waals surface area contributed by atoms with Crippen molar-refractivity contribution in [1.29, 1.82) is 0 Å². The minimum Gasteiger partial charge on any atom is -0.368 e. The molecule has 4 rings (SSSR count). The molecule has 0 aromatic carbocycles. The van der Waals surface area contributed by atoms with E-state index in [1.807, 2.05) is 9.47 Å². The lowest BCUT2D eigenvalue weighted by atomic mass is 10.4. The van der Waals surface area contributed by atoms with Crippen LogP contribution in [0.5, 0.6) is 0 Å². The first-order valence-electron chi connectivity index (χ1n) is 9.52. The van der Waals surface area contributed by atoms with E-state index in [-0.39, 0.29) is 5.91 Å². The maximum Gasteiger partial charge on any atom is 0.232 e. The van der Waals surface area contributed by atoms with Crippen molar-refractivity contribution in [3.63, 3.8) is 0 Å². The predicted octanol–water partition coefficient (Wildman–Crippen LogP) is 1.80. The Balaban J connectivity index is 1.62. The summed E-state index contributed by atoms with van der Waals surface area (Å²) in [7, 11) is 0. The van der Waals surface area contributed by atoms with Crippen LogP contribution in [0.25, 0.3) is 11.2 Å². The highest BCUT2D eigenvalue weighted by Gasteiger charge is 2.20. The van der Waals surface area contributed by atoms with Crippen LogP contribution < -0.4 is 10.6 Å². The van der Waals surface area contributed by atoms with E-state index in [0.29, 0.717) is 37.1 Å². The number of rotatable bonds is 8. The molecular weight excluding hydrogens is 358 g/mol. The molecule has 146 valence electrons. The molecule has 2 N–H and O–H groups in total. The van der Waals surface area contributed by atoms with Crippen LogP contribution >= 0.6 is 0 Å². The Labute approximate surface area is 162 Å². The number of hydrogen-bond donors (Lipinski definition) is 2. The maximum atomic E-state index is 11.9. The van der Waals surface area contributed by atoms with Crippen molar-refractivity contribution in [3.8, 4) is 0 Å². The standard InChI is InChI=1S/C18H23N9O/c1-2-6-20-16-15-17(25-18(24-16)23-13-5-7-19-11-21-13)27(12-22-15)10-9-26-8-3-4-14(26)28/h5,7,11-12H,2-4,6,8-10H2,1H3,(H2,19,20,21,23,24,25). The topological polar surface area (TPSA) is 114 Å². The van der Waals surface area contributed by atoms with Gasteiger partial charge in [0, 0.05) is 38.8 Å². The molecule has 4 heterocycles. The largest absolute Gasteiger partial charge is 0.368 e. The molecule has 10 heteroatoms. The highest BCUT2D eigenvalue weighted by molar-refractivity contribution is 5.84. The summed E-state index contributed by atoms with van der Waals surface area (Å²) in [5.74, 6) is 1.95. The molecule has 0 saturated carbocycles. The molecule has 1 amide bonds. The highest BCUT2D eigenvalue weighted by atomic mass is 16.2. The molecule has 0 atom stereocenters. The minimum absolute atomic E-state index is 0.218. The number of nitrogens with one attached hydrogen (secondary N) is 2.